The molecule has 1 aromatic heterocycles. The molecule has 0 radical (unpaired) electrons. The first kappa shape index (κ1) is 20.2. The first-order chi connectivity index (χ1) is 10.3. The van der Waals surface area contributed by atoms with Gasteiger partial charge in [-0.3, -0.25) is 6.58 Å². The summed E-state index contributed by atoms with van der Waals surface area (Å²) < 4.78 is 0. The number of nitrogens with zero attached hydrogens (tertiary/aromatic N) is 2. The fourth-order valence-corrected chi connectivity index (χ4v) is 2.60. The molecule has 0 N–H and O–H groups in total. The molecule has 0 fully saturated rings. The van der Waals surface area contributed by atoms with Gasteiger partial charge in [0.15, 0.2) is 0 Å². The Morgan fingerprint density at radius 3 is 2.50 bits per heavy atom. The molecule has 1 aliphatic rings. The van der Waals surface area contributed by atoms with Crippen LogP contribution < -0.4 is 0 Å². The van der Waals surface area contributed by atoms with Gasteiger partial charge in [0.1, 0.15) is 0 Å². The van der Waals surface area contributed by atoms with E-state index in [0.29, 0.717) is 5.92 Å². The van der Waals surface area contributed by atoms with Crippen LogP contribution in [0.2, 0.25) is 0 Å². The van der Waals surface area contributed by atoms with E-state index in [2.05, 4.69) is 56.9 Å². The van der Waals surface area contributed by atoms with Crippen LogP contribution in [0.5, 0.6) is 0 Å². The summed E-state index contributed by atoms with van der Waals surface area (Å²) in [5.74, 6) is 0.458. The van der Waals surface area contributed by atoms with Gasteiger partial charge in [-0.25, -0.2) is 6.72 Å². The summed E-state index contributed by atoms with van der Waals surface area (Å²) >= 11 is 0. The second-order valence-corrected chi connectivity index (χ2v) is 4.53. The number of pyridine rings is 1. The quantitative estimate of drug-likeness (QED) is 0.433. The Labute approximate surface area is 146 Å². The van der Waals surface area contributed by atoms with Crippen molar-refractivity contribution in [2.45, 2.75) is 19.8 Å². The van der Waals surface area contributed by atoms with E-state index >= 15 is 0 Å². The number of hydrogen-bond acceptors (Lipinski definition) is 1. The molecule has 0 bridgehead atoms. The van der Waals surface area contributed by atoms with Gasteiger partial charge in [-0.2, -0.15) is 0 Å². The maximum Gasteiger partial charge on any atom is 3.00 e. The molecule has 0 saturated heterocycles. The third-order valence-electron chi connectivity index (χ3n) is 3.34. The van der Waals surface area contributed by atoms with Crippen LogP contribution in [-0.4, -0.2) is 11.7 Å². The van der Waals surface area contributed by atoms with Gasteiger partial charge >= 0.3 is 20.1 Å². The SMILES string of the molecule is C=[N-].CC1=CC(C)c2c(-c3ccccn3)[c-]ccc21.[CH-]=C.[Ir+3]. The summed E-state index contributed by atoms with van der Waals surface area (Å²) in [6.45, 7) is 13.7. The second kappa shape index (κ2) is 9.99. The maximum absolute atomic E-state index is 6.75. The van der Waals surface area contributed by atoms with Gasteiger partial charge in [0.25, 0.3) is 0 Å². The van der Waals surface area contributed by atoms with E-state index in [0.717, 1.165) is 11.3 Å². The van der Waals surface area contributed by atoms with Crippen LogP contribution >= 0.6 is 0 Å². The summed E-state index contributed by atoms with van der Waals surface area (Å²) in [5, 5.41) is 6.75. The van der Waals surface area contributed by atoms with Crippen molar-refractivity contribution < 1.29 is 20.1 Å². The number of hydrogen-bond donors (Lipinski definition) is 0. The zero-order chi connectivity index (χ0) is 15.8. The van der Waals surface area contributed by atoms with Crippen molar-refractivity contribution in [3.05, 3.63) is 78.4 Å². The second-order valence-electron chi connectivity index (χ2n) is 4.53. The van der Waals surface area contributed by atoms with Crippen molar-refractivity contribution >= 4 is 12.3 Å². The number of fused-ring (bicyclic) bond motifs is 1. The van der Waals surface area contributed by atoms with Crippen LogP contribution in [0.4, 0.5) is 0 Å². The summed E-state index contributed by atoms with van der Waals surface area (Å²) in [6.07, 6.45) is 4.15. The van der Waals surface area contributed by atoms with Gasteiger partial charge in [0.2, 0.25) is 0 Å². The van der Waals surface area contributed by atoms with Gasteiger partial charge in [-0.15, -0.1) is 34.9 Å². The van der Waals surface area contributed by atoms with Crippen molar-refractivity contribution in [3.8, 4) is 11.3 Å². The Kier molecular flexibility index (Phi) is 9.16. The van der Waals surface area contributed by atoms with Crippen molar-refractivity contribution in [3.63, 3.8) is 0 Å². The van der Waals surface area contributed by atoms with Crippen molar-refractivity contribution in [1.29, 1.82) is 0 Å². The van der Waals surface area contributed by atoms with Crippen LogP contribution in [0, 0.1) is 12.6 Å². The molecule has 0 amide bonds. The van der Waals surface area contributed by atoms with Crippen molar-refractivity contribution in [2.75, 3.05) is 0 Å². The van der Waals surface area contributed by atoms with Gasteiger partial charge in [-0.1, -0.05) is 30.7 Å². The minimum Gasteiger partial charge on any atom is -0.817 e. The number of rotatable bonds is 1. The molecule has 2 aromatic rings. The van der Waals surface area contributed by atoms with E-state index in [9.17, 15) is 0 Å². The van der Waals surface area contributed by atoms with E-state index in [-0.39, 0.29) is 20.1 Å². The largest absolute Gasteiger partial charge is 3.00 e. The fraction of sp³-hybridized carbons (Fsp3) is 0.158. The number of benzene rings is 1. The van der Waals surface area contributed by atoms with Crippen molar-refractivity contribution in [1.82, 2.24) is 4.98 Å². The average molecular weight is 468 g/mol. The normalized spacial score (nSPS) is 14.1. The molecule has 0 saturated carbocycles. The summed E-state index contributed by atoms with van der Waals surface area (Å²) in [7, 11) is 0. The topological polar surface area (TPSA) is 35.2 Å². The van der Waals surface area contributed by atoms with Crippen LogP contribution in [-0.2, 0) is 20.1 Å². The molecule has 1 atom stereocenters. The molecule has 3 rings (SSSR count). The van der Waals surface area contributed by atoms with E-state index < -0.39 is 0 Å². The molecule has 1 aromatic carbocycles. The third-order valence-corrected chi connectivity index (χ3v) is 3.34. The Bertz CT molecular complexity index is 619. The van der Waals surface area contributed by atoms with Gasteiger partial charge in [0.05, 0.1) is 0 Å². The van der Waals surface area contributed by atoms with Gasteiger partial charge in [-0.05, 0) is 24.6 Å². The summed E-state index contributed by atoms with van der Waals surface area (Å²) in [4.78, 5) is 4.43. The third kappa shape index (κ3) is 4.09. The predicted molar refractivity (Wildman–Crippen MR) is 91.0 cm³/mol. The van der Waals surface area contributed by atoms with E-state index in [4.69, 9.17) is 5.41 Å². The van der Waals surface area contributed by atoms with Gasteiger partial charge < -0.3 is 17.0 Å². The van der Waals surface area contributed by atoms with Crippen LogP contribution in [0.1, 0.15) is 30.9 Å². The Balaban J connectivity index is 0.000000819. The maximum atomic E-state index is 6.75. The number of allylic oxidation sites excluding steroid dienone is 2. The van der Waals surface area contributed by atoms with Crippen LogP contribution in [0.15, 0.2) is 49.2 Å². The Morgan fingerprint density at radius 1 is 1.23 bits per heavy atom. The smallest absolute Gasteiger partial charge is 0.817 e. The molecular formula is C19H19IrN2. The number of aromatic nitrogens is 1. The molecule has 1 heterocycles. The first-order valence-electron chi connectivity index (χ1n) is 6.64. The van der Waals surface area contributed by atoms with E-state index in [1.54, 1.807) is 0 Å². The molecular weight excluding hydrogens is 448 g/mol. The Hall–Kier alpha value is -1.83. The molecule has 2 nitrogen and oxygen atoms in total. The average Bonchev–Trinajstić information content (AvgIpc) is 2.87. The monoisotopic (exact) mass is 468 g/mol. The molecule has 114 valence electrons. The zero-order valence-electron chi connectivity index (χ0n) is 12.8. The van der Waals surface area contributed by atoms with Crippen molar-refractivity contribution in [2.24, 2.45) is 0 Å². The predicted octanol–water partition coefficient (Wildman–Crippen LogP) is 4.93. The molecule has 3 heteroatoms. The minimum atomic E-state index is 0. The minimum absolute atomic E-state index is 0. The molecule has 0 spiro atoms. The molecule has 0 aliphatic heterocycles. The van der Waals surface area contributed by atoms with E-state index in [1.807, 2.05) is 30.5 Å². The van der Waals surface area contributed by atoms with Gasteiger partial charge in [0, 0.05) is 6.20 Å². The summed E-state index contributed by atoms with van der Waals surface area (Å²) in [6, 6.07) is 13.5. The molecule has 22 heavy (non-hydrogen) atoms. The molecule has 1 unspecified atom stereocenters. The fourth-order valence-electron chi connectivity index (χ4n) is 2.60. The van der Waals surface area contributed by atoms with Crippen LogP contribution in [0.25, 0.3) is 22.2 Å². The zero-order valence-corrected chi connectivity index (χ0v) is 15.2. The van der Waals surface area contributed by atoms with Crippen LogP contribution in [0.3, 0.4) is 0 Å². The first-order valence-corrected chi connectivity index (χ1v) is 6.64. The molecule has 1 aliphatic carbocycles. The standard InChI is InChI=1S/C16H14N.C2H3.CH2N.Ir/c1-11-10-12(2)16-13(11)6-5-7-14(16)15-8-3-4-9-17-15;2*1-2;/h3-6,8-10,12H,1-2H3;1H,2H2;1H2;/q3*-1;+3. The Morgan fingerprint density at radius 2 is 1.91 bits per heavy atom. The summed E-state index contributed by atoms with van der Waals surface area (Å²) in [5.41, 5.74) is 6.22. The van der Waals surface area contributed by atoms with E-state index in [1.165, 1.54) is 16.7 Å².